The molecule has 0 spiro atoms. The Labute approximate surface area is 132 Å². The van der Waals surface area contributed by atoms with E-state index < -0.39 is 29.0 Å². The van der Waals surface area contributed by atoms with Gasteiger partial charge in [-0.1, -0.05) is 6.07 Å². The zero-order valence-electron chi connectivity index (χ0n) is 12.0. The minimum absolute atomic E-state index is 0.00608. The van der Waals surface area contributed by atoms with Crippen molar-refractivity contribution in [3.63, 3.8) is 0 Å². The standard InChI is InChI=1S/C14H11F3N2O5/c15-14(16,17)11-10(7-18-19-12(11)20)24-5-4-23-9-3-1-2-8(6-9)13(21)22/h1-3,6-7H,4-5H2,(H,19,20)(H,21,22). The summed E-state index contributed by atoms with van der Waals surface area (Å²) < 4.78 is 48.5. The predicted molar refractivity (Wildman–Crippen MR) is 74.3 cm³/mol. The number of carboxylic acids is 1. The van der Waals surface area contributed by atoms with Crippen molar-refractivity contribution in [3.05, 3.63) is 51.9 Å². The molecule has 7 nitrogen and oxygen atoms in total. The van der Waals surface area contributed by atoms with E-state index in [1.165, 1.54) is 24.3 Å². The number of ether oxygens (including phenoxy) is 2. The Hall–Kier alpha value is -3.04. The lowest BCUT2D eigenvalue weighted by Gasteiger charge is -2.12. The summed E-state index contributed by atoms with van der Waals surface area (Å²) >= 11 is 0. The van der Waals surface area contributed by atoms with Crippen molar-refractivity contribution in [1.82, 2.24) is 10.2 Å². The molecule has 0 atom stereocenters. The summed E-state index contributed by atoms with van der Waals surface area (Å²) in [6.07, 6.45) is -4.14. The van der Waals surface area contributed by atoms with Gasteiger partial charge in [0.25, 0.3) is 5.56 Å². The summed E-state index contributed by atoms with van der Waals surface area (Å²) in [5, 5.41) is 13.8. The van der Waals surface area contributed by atoms with E-state index in [-0.39, 0.29) is 24.5 Å². The van der Waals surface area contributed by atoms with Crippen molar-refractivity contribution < 1.29 is 32.5 Å². The van der Waals surface area contributed by atoms with Gasteiger partial charge in [0.1, 0.15) is 19.0 Å². The van der Waals surface area contributed by atoms with Crippen molar-refractivity contribution in [1.29, 1.82) is 0 Å². The van der Waals surface area contributed by atoms with Crippen LogP contribution in [0.3, 0.4) is 0 Å². The Kier molecular flexibility index (Phi) is 5.07. The van der Waals surface area contributed by atoms with Gasteiger partial charge in [-0.25, -0.2) is 9.89 Å². The number of alkyl halides is 3. The first-order valence-electron chi connectivity index (χ1n) is 6.53. The highest BCUT2D eigenvalue weighted by atomic mass is 19.4. The number of nitrogens with zero attached hydrogens (tertiary/aromatic N) is 1. The van der Waals surface area contributed by atoms with Crippen LogP contribution in [0.5, 0.6) is 11.5 Å². The van der Waals surface area contributed by atoms with Crippen molar-refractivity contribution in [2.45, 2.75) is 6.18 Å². The van der Waals surface area contributed by atoms with E-state index in [0.29, 0.717) is 0 Å². The second-order valence-corrected chi connectivity index (χ2v) is 4.47. The Bertz CT molecular complexity index is 788. The van der Waals surface area contributed by atoms with Crippen LogP contribution in [0, 0.1) is 0 Å². The van der Waals surface area contributed by atoms with Gasteiger partial charge in [-0.3, -0.25) is 4.79 Å². The second kappa shape index (κ2) is 7.02. The first kappa shape index (κ1) is 17.3. The molecular weight excluding hydrogens is 333 g/mol. The number of hydrogen-bond acceptors (Lipinski definition) is 5. The quantitative estimate of drug-likeness (QED) is 0.777. The molecule has 2 N–H and O–H groups in total. The van der Waals surface area contributed by atoms with Gasteiger partial charge in [-0.05, 0) is 18.2 Å². The van der Waals surface area contributed by atoms with Crippen molar-refractivity contribution in [2.75, 3.05) is 13.2 Å². The van der Waals surface area contributed by atoms with Gasteiger partial charge >= 0.3 is 12.1 Å². The van der Waals surface area contributed by atoms with Crippen molar-refractivity contribution in [2.24, 2.45) is 0 Å². The number of carbonyl (C=O) groups is 1. The van der Waals surface area contributed by atoms with E-state index in [9.17, 15) is 22.8 Å². The van der Waals surface area contributed by atoms with Gasteiger partial charge < -0.3 is 14.6 Å². The summed E-state index contributed by atoms with van der Waals surface area (Å²) in [5.74, 6) is -1.63. The Morgan fingerprint density at radius 1 is 1.25 bits per heavy atom. The molecule has 0 aliphatic rings. The number of rotatable bonds is 6. The number of carboxylic acid groups (broad SMARTS) is 1. The normalized spacial score (nSPS) is 11.1. The molecular formula is C14H11F3N2O5. The fourth-order valence-corrected chi connectivity index (χ4v) is 1.79. The molecule has 0 aliphatic carbocycles. The summed E-state index contributed by atoms with van der Waals surface area (Å²) in [6, 6.07) is 5.58. The minimum Gasteiger partial charge on any atom is -0.490 e. The minimum atomic E-state index is -4.89. The second-order valence-electron chi connectivity index (χ2n) is 4.47. The maximum Gasteiger partial charge on any atom is 0.425 e. The third-order valence-electron chi connectivity index (χ3n) is 2.80. The van der Waals surface area contributed by atoms with Crippen LogP contribution in [0.2, 0.25) is 0 Å². The zero-order chi connectivity index (χ0) is 17.7. The molecule has 1 aromatic heterocycles. The first-order valence-corrected chi connectivity index (χ1v) is 6.53. The van der Waals surface area contributed by atoms with Gasteiger partial charge in [0.2, 0.25) is 0 Å². The highest BCUT2D eigenvalue weighted by Crippen LogP contribution is 2.32. The van der Waals surface area contributed by atoms with E-state index in [2.05, 4.69) is 5.10 Å². The number of aromatic nitrogens is 2. The maximum absolute atomic E-state index is 12.8. The van der Waals surface area contributed by atoms with Crippen molar-refractivity contribution >= 4 is 5.97 Å². The predicted octanol–water partition coefficient (Wildman–Crippen LogP) is 1.94. The van der Waals surface area contributed by atoms with Crippen LogP contribution in [-0.2, 0) is 6.18 Å². The number of nitrogens with one attached hydrogen (secondary N) is 1. The summed E-state index contributed by atoms with van der Waals surface area (Å²) in [7, 11) is 0. The molecule has 0 amide bonds. The van der Waals surface area contributed by atoms with Gasteiger partial charge in [-0.15, -0.1) is 0 Å². The number of halogens is 3. The van der Waals surface area contributed by atoms with Gasteiger partial charge in [0.05, 0.1) is 11.8 Å². The molecule has 128 valence electrons. The zero-order valence-corrected chi connectivity index (χ0v) is 12.0. The molecule has 24 heavy (non-hydrogen) atoms. The first-order chi connectivity index (χ1) is 11.3. The molecule has 0 aliphatic heterocycles. The van der Waals surface area contributed by atoms with Gasteiger partial charge in [-0.2, -0.15) is 18.3 Å². The van der Waals surface area contributed by atoms with E-state index >= 15 is 0 Å². The third kappa shape index (κ3) is 4.24. The maximum atomic E-state index is 12.8. The molecule has 2 rings (SSSR count). The van der Waals surface area contributed by atoms with Crippen LogP contribution in [-0.4, -0.2) is 34.5 Å². The monoisotopic (exact) mass is 344 g/mol. The van der Waals surface area contributed by atoms with Crippen LogP contribution in [0.15, 0.2) is 35.3 Å². The molecule has 0 bridgehead atoms. The average molecular weight is 344 g/mol. The van der Waals surface area contributed by atoms with E-state index in [1.54, 1.807) is 5.10 Å². The largest absolute Gasteiger partial charge is 0.490 e. The molecule has 0 saturated heterocycles. The summed E-state index contributed by atoms with van der Waals surface area (Å²) in [4.78, 5) is 22.0. The number of aromatic amines is 1. The van der Waals surface area contributed by atoms with Crippen LogP contribution in [0.1, 0.15) is 15.9 Å². The fourth-order valence-electron chi connectivity index (χ4n) is 1.79. The molecule has 2 aromatic rings. The SMILES string of the molecule is O=C(O)c1cccc(OCCOc2cn[nH]c(=O)c2C(F)(F)F)c1. The number of aromatic carboxylic acids is 1. The van der Waals surface area contributed by atoms with E-state index in [4.69, 9.17) is 14.6 Å². The topological polar surface area (TPSA) is 102 Å². The summed E-state index contributed by atoms with van der Waals surface area (Å²) in [5.41, 5.74) is -2.88. The number of hydrogen-bond donors (Lipinski definition) is 2. The lowest BCUT2D eigenvalue weighted by Crippen LogP contribution is -2.24. The van der Waals surface area contributed by atoms with Crippen LogP contribution in [0.25, 0.3) is 0 Å². The lowest BCUT2D eigenvalue weighted by molar-refractivity contribution is -0.140. The van der Waals surface area contributed by atoms with Gasteiger partial charge in [0, 0.05) is 0 Å². The summed E-state index contributed by atoms with van der Waals surface area (Å²) in [6.45, 7) is -0.460. The highest BCUT2D eigenvalue weighted by Gasteiger charge is 2.38. The average Bonchev–Trinajstić information content (AvgIpc) is 2.50. The Morgan fingerprint density at radius 2 is 1.96 bits per heavy atom. The molecule has 0 saturated carbocycles. The molecule has 0 fully saturated rings. The van der Waals surface area contributed by atoms with Gasteiger partial charge in [0.15, 0.2) is 11.3 Å². The third-order valence-corrected chi connectivity index (χ3v) is 2.80. The molecule has 1 heterocycles. The van der Waals surface area contributed by atoms with Crippen LogP contribution >= 0.6 is 0 Å². The highest BCUT2D eigenvalue weighted by molar-refractivity contribution is 5.87. The number of benzene rings is 1. The fraction of sp³-hybridized carbons (Fsp3) is 0.214. The molecule has 10 heteroatoms. The van der Waals surface area contributed by atoms with Crippen LogP contribution in [0.4, 0.5) is 13.2 Å². The van der Waals surface area contributed by atoms with E-state index in [1.807, 2.05) is 0 Å². The lowest BCUT2D eigenvalue weighted by atomic mass is 10.2. The number of H-pyrrole nitrogens is 1. The smallest absolute Gasteiger partial charge is 0.425 e. The molecule has 0 radical (unpaired) electrons. The van der Waals surface area contributed by atoms with Crippen LogP contribution < -0.4 is 15.0 Å². The Morgan fingerprint density at radius 3 is 2.62 bits per heavy atom. The van der Waals surface area contributed by atoms with Crippen molar-refractivity contribution in [3.8, 4) is 11.5 Å². The van der Waals surface area contributed by atoms with E-state index in [0.717, 1.165) is 6.20 Å². The molecule has 0 unspecified atom stereocenters. The Balaban J connectivity index is 1.99. The molecule has 1 aromatic carbocycles.